The summed E-state index contributed by atoms with van der Waals surface area (Å²) in [6.07, 6.45) is 0.144. The van der Waals surface area contributed by atoms with Crippen molar-refractivity contribution in [3.8, 4) is 0 Å². The minimum atomic E-state index is -1.14. The molecule has 0 aliphatic heterocycles. The number of aliphatic carboxylic acids is 1. The summed E-state index contributed by atoms with van der Waals surface area (Å²) < 4.78 is 0. The van der Waals surface area contributed by atoms with E-state index in [9.17, 15) is 19.5 Å². The first-order chi connectivity index (χ1) is 15.9. The maximum Gasteiger partial charge on any atom is 0.326 e. The Balaban J connectivity index is 1.51. The van der Waals surface area contributed by atoms with E-state index < -0.39 is 23.8 Å². The first-order valence-electron chi connectivity index (χ1n) is 10.5. The van der Waals surface area contributed by atoms with Gasteiger partial charge in [0.1, 0.15) is 11.7 Å². The lowest BCUT2D eigenvalue weighted by molar-refractivity contribution is -0.139. The Bertz CT molecular complexity index is 1290. The molecule has 1 heterocycles. The van der Waals surface area contributed by atoms with Crippen LogP contribution in [0.3, 0.4) is 0 Å². The van der Waals surface area contributed by atoms with Crippen LogP contribution in [0.5, 0.6) is 0 Å². The number of hydrogen-bond donors (Lipinski definition) is 4. The predicted octanol–water partition coefficient (Wildman–Crippen LogP) is 4.15. The van der Waals surface area contributed by atoms with Gasteiger partial charge >= 0.3 is 5.97 Å². The van der Waals surface area contributed by atoms with Crippen LogP contribution in [0, 0.1) is 6.92 Å². The number of carboxylic acid groups (broad SMARTS) is 1. The molecule has 4 N–H and O–H groups in total. The van der Waals surface area contributed by atoms with Gasteiger partial charge in [0.25, 0.3) is 11.8 Å². The summed E-state index contributed by atoms with van der Waals surface area (Å²) >= 11 is 0. The Hall–Kier alpha value is -4.39. The standard InChI is InChI=1S/C26H23N3O4/c1-16-10-12-17(13-11-16)14-23(26(32)33)29-24(30)19-7-3-5-9-21(19)28-25(31)22-15-18-6-2-4-8-20(18)27-22/h2-13,15,23,27H,14H2,1H3,(H,28,31)(H,29,30)(H,32,33). The zero-order valence-corrected chi connectivity index (χ0v) is 18.0. The summed E-state index contributed by atoms with van der Waals surface area (Å²) in [4.78, 5) is 40.6. The quantitative estimate of drug-likeness (QED) is 0.345. The van der Waals surface area contributed by atoms with Crippen LogP contribution in [0.4, 0.5) is 5.69 Å². The second kappa shape index (κ2) is 9.40. The monoisotopic (exact) mass is 441 g/mol. The maximum absolute atomic E-state index is 13.0. The summed E-state index contributed by atoms with van der Waals surface area (Å²) in [6.45, 7) is 1.95. The molecule has 0 spiro atoms. The first kappa shape index (κ1) is 21.8. The molecule has 0 aliphatic carbocycles. The lowest BCUT2D eigenvalue weighted by Crippen LogP contribution is -2.42. The van der Waals surface area contributed by atoms with E-state index in [1.807, 2.05) is 55.5 Å². The predicted molar refractivity (Wildman–Crippen MR) is 126 cm³/mol. The number of aromatic amines is 1. The van der Waals surface area contributed by atoms with Crippen molar-refractivity contribution < 1.29 is 19.5 Å². The number of fused-ring (bicyclic) bond motifs is 1. The molecule has 7 heteroatoms. The Labute approximate surface area is 190 Å². The van der Waals surface area contributed by atoms with Crippen molar-refractivity contribution in [2.75, 3.05) is 5.32 Å². The smallest absolute Gasteiger partial charge is 0.326 e. The molecule has 7 nitrogen and oxygen atoms in total. The lowest BCUT2D eigenvalue weighted by Gasteiger charge is -2.16. The summed E-state index contributed by atoms with van der Waals surface area (Å²) in [7, 11) is 0. The summed E-state index contributed by atoms with van der Waals surface area (Å²) in [5.74, 6) is -2.12. The number of amides is 2. The fourth-order valence-corrected chi connectivity index (χ4v) is 3.57. The third kappa shape index (κ3) is 5.10. The minimum absolute atomic E-state index is 0.144. The van der Waals surface area contributed by atoms with Crippen LogP contribution in [0.25, 0.3) is 10.9 Å². The highest BCUT2D eigenvalue weighted by Gasteiger charge is 2.23. The molecule has 4 aromatic rings. The summed E-state index contributed by atoms with van der Waals surface area (Å²) in [6, 6.07) is 22.1. The molecule has 0 bridgehead atoms. The number of carbonyl (C=O) groups is 3. The second-order valence-electron chi connectivity index (χ2n) is 7.82. The van der Waals surface area contributed by atoms with Crippen molar-refractivity contribution in [3.05, 3.63) is 101 Å². The van der Waals surface area contributed by atoms with Gasteiger partial charge in [0.15, 0.2) is 0 Å². The molecular formula is C26H23N3O4. The number of nitrogens with one attached hydrogen (secondary N) is 3. The van der Waals surface area contributed by atoms with E-state index in [1.165, 1.54) is 0 Å². The number of carbonyl (C=O) groups excluding carboxylic acids is 2. The van der Waals surface area contributed by atoms with Crippen LogP contribution in [0.2, 0.25) is 0 Å². The van der Waals surface area contributed by atoms with Gasteiger partial charge in [0.2, 0.25) is 0 Å². The minimum Gasteiger partial charge on any atom is -0.480 e. The average Bonchev–Trinajstić information content (AvgIpc) is 3.25. The highest BCUT2D eigenvalue weighted by atomic mass is 16.4. The molecule has 1 unspecified atom stereocenters. The molecule has 166 valence electrons. The van der Waals surface area contributed by atoms with E-state index in [0.717, 1.165) is 22.0 Å². The van der Waals surface area contributed by atoms with E-state index in [0.29, 0.717) is 5.69 Å². The zero-order chi connectivity index (χ0) is 23.4. The number of benzene rings is 3. The molecule has 0 saturated carbocycles. The Morgan fingerprint density at radius 2 is 1.61 bits per heavy atom. The van der Waals surface area contributed by atoms with Gasteiger partial charge in [-0.1, -0.05) is 60.2 Å². The van der Waals surface area contributed by atoms with Crippen molar-refractivity contribution >= 4 is 34.4 Å². The van der Waals surface area contributed by atoms with Gasteiger partial charge in [-0.15, -0.1) is 0 Å². The van der Waals surface area contributed by atoms with Gasteiger partial charge in [-0.05, 0) is 36.8 Å². The Kier molecular flexibility index (Phi) is 6.22. The highest BCUT2D eigenvalue weighted by Crippen LogP contribution is 2.19. The summed E-state index contributed by atoms with van der Waals surface area (Å²) in [5, 5.41) is 15.8. The van der Waals surface area contributed by atoms with E-state index in [2.05, 4.69) is 15.6 Å². The second-order valence-corrected chi connectivity index (χ2v) is 7.82. The van der Waals surface area contributed by atoms with E-state index >= 15 is 0 Å². The molecule has 1 aromatic heterocycles. The number of carboxylic acids is 1. The van der Waals surface area contributed by atoms with Crippen LogP contribution in [-0.4, -0.2) is 33.9 Å². The van der Waals surface area contributed by atoms with Crippen LogP contribution < -0.4 is 10.6 Å². The van der Waals surface area contributed by atoms with Gasteiger partial charge < -0.3 is 20.7 Å². The van der Waals surface area contributed by atoms with E-state index in [4.69, 9.17) is 0 Å². The molecule has 0 saturated heterocycles. The van der Waals surface area contributed by atoms with E-state index in [1.54, 1.807) is 30.3 Å². The Morgan fingerprint density at radius 3 is 2.33 bits per heavy atom. The molecular weight excluding hydrogens is 418 g/mol. The fraction of sp³-hybridized carbons (Fsp3) is 0.115. The van der Waals surface area contributed by atoms with Crippen molar-refractivity contribution in [2.45, 2.75) is 19.4 Å². The largest absolute Gasteiger partial charge is 0.480 e. The first-order valence-corrected chi connectivity index (χ1v) is 10.5. The van der Waals surface area contributed by atoms with Crippen LogP contribution in [-0.2, 0) is 11.2 Å². The van der Waals surface area contributed by atoms with Crippen LogP contribution in [0.15, 0.2) is 78.9 Å². The molecule has 0 aliphatic rings. The molecule has 3 aromatic carbocycles. The molecule has 0 radical (unpaired) electrons. The normalized spacial score (nSPS) is 11.7. The number of anilines is 1. The third-order valence-corrected chi connectivity index (χ3v) is 5.36. The SMILES string of the molecule is Cc1ccc(CC(NC(=O)c2ccccc2NC(=O)c2cc3ccccc3[nH]2)C(=O)O)cc1. The summed E-state index contributed by atoms with van der Waals surface area (Å²) in [5.41, 5.74) is 3.52. The number of rotatable bonds is 7. The number of aryl methyl sites for hydroxylation is 1. The topological polar surface area (TPSA) is 111 Å². The maximum atomic E-state index is 13.0. The van der Waals surface area contributed by atoms with Crippen molar-refractivity contribution in [1.82, 2.24) is 10.3 Å². The molecule has 33 heavy (non-hydrogen) atoms. The van der Waals surface area contributed by atoms with Crippen LogP contribution in [0.1, 0.15) is 32.0 Å². The number of para-hydroxylation sites is 2. The zero-order valence-electron chi connectivity index (χ0n) is 18.0. The molecule has 1 atom stereocenters. The number of aromatic nitrogens is 1. The fourth-order valence-electron chi connectivity index (χ4n) is 3.57. The van der Waals surface area contributed by atoms with Crippen molar-refractivity contribution in [1.29, 1.82) is 0 Å². The van der Waals surface area contributed by atoms with Gasteiger partial charge in [0.05, 0.1) is 11.3 Å². The van der Waals surface area contributed by atoms with Gasteiger partial charge in [-0.3, -0.25) is 9.59 Å². The van der Waals surface area contributed by atoms with Crippen LogP contribution >= 0.6 is 0 Å². The third-order valence-electron chi connectivity index (χ3n) is 5.36. The van der Waals surface area contributed by atoms with Crippen molar-refractivity contribution in [3.63, 3.8) is 0 Å². The highest BCUT2D eigenvalue weighted by molar-refractivity contribution is 6.10. The number of hydrogen-bond acceptors (Lipinski definition) is 3. The molecule has 4 rings (SSSR count). The van der Waals surface area contributed by atoms with Gasteiger partial charge in [0, 0.05) is 17.3 Å². The van der Waals surface area contributed by atoms with Gasteiger partial charge in [-0.2, -0.15) is 0 Å². The van der Waals surface area contributed by atoms with Gasteiger partial charge in [-0.25, -0.2) is 4.79 Å². The Morgan fingerprint density at radius 1 is 0.909 bits per heavy atom. The van der Waals surface area contributed by atoms with E-state index in [-0.39, 0.29) is 17.7 Å². The average molecular weight is 441 g/mol. The molecule has 2 amide bonds. The molecule has 0 fully saturated rings. The lowest BCUT2D eigenvalue weighted by atomic mass is 10.0. The number of H-pyrrole nitrogens is 1. The van der Waals surface area contributed by atoms with Crippen molar-refractivity contribution in [2.24, 2.45) is 0 Å².